The van der Waals surface area contributed by atoms with Crippen LogP contribution in [0.4, 0.5) is 11.8 Å². The van der Waals surface area contributed by atoms with E-state index in [0.717, 1.165) is 41.3 Å². The Labute approximate surface area is 251 Å². The van der Waals surface area contributed by atoms with Crippen LogP contribution in [-0.2, 0) is 17.5 Å². The molecule has 1 unspecified atom stereocenters. The van der Waals surface area contributed by atoms with Gasteiger partial charge in [0.15, 0.2) is 19.8 Å². The maximum atomic E-state index is 6.60. The molecule has 0 aliphatic heterocycles. The first-order chi connectivity index (χ1) is 20.0. The van der Waals surface area contributed by atoms with Crippen LogP contribution in [0.5, 0.6) is 11.5 Å². The number of aromatic nitrogens is 4. The Morgan fingerprint density at radius 2 is 1.50 bits per heavy atom. The number of methoxy groups -OCH3 is 2. The molecule has 0 bridgehead atoms. The van der Waals surface area contributed by atoms with E-state index in [1.165, 1.54) is 0 Å². The molecule has 0 radical (unpaired) electrons. The minimum atomic E-state index is -1.90. The molecule has 0 aliphatic rings. The van der Waals surface area contributed by atoms with Crippen LogP contribution in [0.25, 0.3) is 5.65 Å². The van der Waals surface area contributed by atoms with E-state index in [2.05, 4.69) is 80.3 Å². The minimum absolute atomic E-state index is 0.0922. The smallest absolute Gasteiger partial charge is 0.243 e. The quantitative estimate of drug-likeness (QED) is 0.158. The van der Waals surface area contributed by atoms with Gasteiger partial charge in [0.2, 0.25) is 5.95 Å². The molecule has 1 N–H and O–H groups in total. The zero-order valence-electron chi connectivity index (χ0n) is 26.3. The molecule has 2 heterocycles. The van der Waals surface area contributed by atoms with E-state index in [0.29, 0.717) is 31.3 Å². The molecule has 42 heavy (non-hydrogen) atoms. The molecule has 0 saturated carbocycles. The van der Waals surface area contributed by atoms with E-state index in [1.54, 1.807) is 24.9 Å². The number of ether oxygens (including phenoxy) is 2. The molecule has 0 aliphatic carbocycles. The third kappa shape index (κ3) is 7.80. The van der Waals surface area contributed by atoms with Gasteiger partial charge in [0.25, 0.3) is 0 Å². The summed E-state index contributed by atoms with van der Waals surface area (Å²) in [7, 11) is 1.46. The largest absolute Gasteiger partial charge is 0.497 e. The van der Waals surface area contributed by atoms with Crippen LogP contribution in [0.3, 0.4) is 0 Å². The fraction of sp³-hybridized carbons (Fsp3) is 0.469. The van der Waals surface area contributed by atoms with Crippen LogP contribution in [0.15, 0.2) is 60.9 Å². The molecular weight excluding hydrogens is 544 g/mol. The highest BCUT2D eigenvalue weighted by Gasteiger charge is 2.37. The van der Waals surface area contributed by atoms with Crippen LogP contribution in [0, 0.1) is 0 Å². The standard InChI is InChI=1S/C32H46N6O3Si/c1-9-10-26(23-41-42(7,8)32(2,3)4)34-31-35-30(29-33-19-20-38(29)36-31)37(21-24-11-15-27(39-5)16-12-24)22-25-13-17-28(40-6)18-14-25/h11-20,26H,9-10,21-23H2,1-8H3,(H,34,36). The number of imidazole rings is 1. The van der Waals surface area contributed by atoms with Gasteiger partial charge in [0, 0.05) is 25.5 Å². The van der Waals surface area contributed by atoms with Crippen molar-refractivity contribution in [2.45, 2.75) is 77.8 Å². The van der Waals surface area contributed by atoms with Gasteiger partial charge in [0.1, 0.15) is 11.5 Å². The summed E-state index contributed by atoms with van der Waals surface area (Å²) >= 11 is 0. The predicted molar refractivity (Wildman–Crippen MR) is 172 cm³/mol. The monoisotopic (exact) mass is 590 g/mol. The van der Waals surface area contributed by atoms with Crippen LogP contribution < -0.4 is 19.7 Å². The van der Waals surface area contributed by atoms with Crippen molar-refractivity contribution in [1.82, 2.24) is 19.6 Å². The Bertz CT molecular complexity index is 1370. The van der Waals surface area contributed by atoms with E-state index in [4.69, 9.17) is 24.0 Å². The molecule has 2 aromatic heterocycles. The van der Waals surface area contributed by atoms with E-state index in [-0.39, 0.29) is 11.1 Å². The average molecular weight is 591 g/mol. The van der Waals surface area contributed by atoms with Crippen LogP contribution in [0.1, 0.15) is 51.7 Å². The second-order valence-corrected chi connectivity index (χ2v) is 17.0. The lowest BCUT2D eigenvalue weighted by molar-refractivity contribution is 0.264. The summed E-state index contributed by atoms with van der Waals surface area (Å²) in [6.07, 6.45) is 5.61. The normalized spacial score (nSPS) is 12.8. The fourth-order valence-electron chi connectivity index (χ4n) is 4.45. The summed E-state index contributed by atoms with van der Waals surface area (Å²) in [5.74, 6) is 2.96. The van der Waals surface area contributed by atoms with Gasteiger partial charge in [0.05, 0.1) is 26.9 Å². The third-order valence-corrected chi connectivity index (χ3v) is 12.5. The minimum Gasteiger partial charge on any atom is -0.497 e. The van der Waals surface area contributed by atoms with Crippen LogP contribution in [-0.4, -0.2) is 54.8 Å². The number of rotatable bonds is 14. The number of nitrogens with one attached hydrogen (secondary N) is 1. The lowest BCUT2D eigenvalue weighted by atomic mass is 10.1. The Morgan fingerprint density at radius 1 is 0.929 bits per heavy atom. The van der Waals surface area contributed by atoms with Gasteiger partial charge in [-0.05, 0) is 59.9 Å². The lowest BCUT2D eigenvalue weighted by Gasteiger charge is -2.37. The lowest BCUT2D eigenvalue weighted by Crippen LogP contribution is -2.43. The summed E-state index contributed by atoms with van der Waals surface area (Å²) in [6, 6.07) is 16.4. The van der Waals surface area contributed by atoms with Gasteiger partial charge in [-0.3, -0.25) is 0 Å². The first kappa shape index (κ1) is 31.3. The number of nitrogens with zero attached hydrogens (tertiary/aromatic N) is 5. The molecule has 0 fully saturated rings. The number of fused-ring (bicyclic) bond motifs is 1. The maximum Gasteiger partial charge on any atom is 0.243 e. The summed E-state index contributed by atoms with van der Waals surface area (Å²) in [4.78, 5) is 12.0. The maximum absolute atomic E-state index is 6.60. The molecule has 0 spiro atoms. The Hall–Kier alpha value is -3.63. The van der Waals surface area contributed by atoms with E-state index >= 15 is 0 Å². The fourth-order valence-corrected chi connectivity index (χ4v) is 5.50. The van der Waals surface area contributed by atoms with E-state index in [1.807, 2.05) is 30.5 Å². The topological polar surface area (TPSA) is 86.0 Å². The van der Waals surface area contributed by atoms with E-state index in [9.17, 15) is 0 Å². The van der Waals surface area contributed by atoms with Gasteiger partial charge < -0.3 is 24.1 Å². The molecular formula is C32H46N6O3Si. The van der Waals surface area contributed by atoms with Crippen molar-refractivity contribution in [1.29, 1.82) is 0 Å². The van der Waals surface area contributed by atoms with Gasteiger partial charge in [-0.2, -0.15) is 4.98 Å². The third-order valence-electron chi connectivity index (χ3n) is 8.02. The molecule has 4 aromatic rings. The number of hydrogen-bond acceptors (Lipinski definition) is 8. The zero-order chi connectivity index (χ0) is 30.3. The molecule has 2 aromatic carbocycles. The SMILES string of the molecule is CCCC(CO[Si](C)(C)C(C)(C)C)Nc1nc(N(Cc2ccc(OC)cc2)Cc2ccc(OC)cc2)c2nccn2n1. The second-order valence-electron chi connectivity index (χ2n) is 12.2. The van der Waals surface area contributed by atoms with Crippen molar-refractivity contribution in [3.63, 3.8) is 0 Å². The number of anilines is 2. The van der Waals surface area contributed by atoms with Gasteiger partial charge >= 0.3 is 0 Å². The summed E-state index contributed by atoms with van der Waals surface area (Å²) in [6.45, 7) is 15.4. The summed E-state index contributed by atoms with van der Waals surface area (Å²) in [5.41, 5.74) is 2.97. The Kier molecular flexibility index (Phi) is 10.1. The first-order valence-corrected chi connectivity index (χ1v) is 17.6. The molecule has 226 valence electrons. The van der Waals surface area contributed by atoms with Crippen molar-refractivity contribution in [3.8, 4) is 11.5 Å². The molecule has 0 amide bonds. The predicted octanol–water partition coefficient (Wildman–Crippen LogP) is 6.95. The molecule has 1 atom stereocenters. The highest BCUT2D eigenvalue weighted by atomic mass is 28.4. The molecule has 9 nitrogen and oxygen atoms in total. The molecule has 4 rings (SSSR count). The van der Waals surface area contributed by atoms with Crippen LogP contribution >= 0.6 is 0 Å². The van der Waals surface area contributed by atoms with Crippen molar-refractivity contribution in [2.24, 2.45) is 0 Å². The number of hydrogen-bond donors (Lipinski definition) is 1. The van der Waals surface area contributed by atoms with Crippen molar-refractivity contribution in [2.75, 3.05) is 31.0 Å². The number of benzene rings is 2. The highest BCUT2D eigenvalue weighted by Crippen LogP contribution is 2.36. The summed E-state index contributed by atoms with van der Waals surface area (Å²) < 4.78 is 19.2. The van der Waals surface area contributed by atoms with Gasteiger partial charge in [-0.25, -0.2) is 9.50 Å². The van der Waals surface area contributed by atoms with Gasteiger partial charge in [-0.15, -0.1) is 5.10 Å². The molecule has 0 saturated heterocycles. The molecule has 10 heteroatoms. The van der Waals surface area contributed by atoms with Gasteiger partial charge in [-0.1, -0.05) is 58.4 Å². The van der Waals surface area contributed by atoms with Crippen molar-refractivity contribution < 1.29 is 13.9 Å². The van der Waals surface area contributed by atoms with Crippen molar-refractivity contribution in [3.05, 3.63) is 72.1 Å². The highest BCUT2D eigenvalue weighted by molar-refractivity contribution is 6.74. The Balaban J connectivity index is 1.67. The zero-order valence-corrected chi connectivity index (χ0v) is 27.3. The Morgan fingerprint density at radius 3 is 2.00 bits per heavy atom. The summed E-state index contributed by atoms with van der Waals surface area (Å²) in [5, 5.41) is 8.53. The van der Waals surface area contributed by atoms with E-state index < -0.39 is 8.32 Å². The van der Waals surface area contributed by atoms with Crippen LogP contribution in [0.2, 0.25) is 18.1 Å². The second kappa shape index (κ2) is 13.6. The average Bonchev–Trinajstić information content (AvgIpc) is 3.44. The van der Waals surface area contributed by atoms with Crippen molar-refractivity contribution >= 4 is 25.7 Å². The first-order valence-electron chi connectivity index (χ1n) is 14.7.